The molecule has 0 radical (unpaired) electrons. The Morgan fingerprint density at radius 1 is 1.17 bits per heavy atom. The highest BCUT2D eigenvalue weighted by atomic mass is 19.4. The van der Waals surface area contributed by atoms with Crippen LogP contribution in [0.25, 0.3) is 0 Å². The van der Waals surface area contributed by atoms with E-state index in [-0.39, 0.29) is 21.5 Å². The standard InChI is InChI=1S/C2H2F4.C2H5FO.2CH4/c3-1-2(4,5)6;1-2-4-3;;/h1H2;2H2,1H3;2*1H4. The monoisotopic (exact) mass is 198 g/mol. The first-order valence-electron chi connectivity index (χ1n) is 2.34. The molecule has 0 saturated heterocycles. The molecule has 0 spiro atoms. The van der Waals surface area contributed by atoms with Gasteiger partial charge in [0.25, 0.3) is 0 Å². The molecule has 80 valence electrons. The van der Waals surface area contributed by atoms with Gasteiger partial charge in [0.2, 0.25) is 0 Å². The van der Waals surface area contributed by atoms with Crippen molar-refractivity contribution in [3.8, 4) is 0 Å². The molecule has 0 atom stereocenters. The van der Waals surface area contributed by atoms with E-state index >= 15 is 0 Å². The molecule has 6 heteroatoms. The quantitative estimate of drug-likeness (QED) is 0.584. The van der Waals surface area contributed by atoms with Crippen molar-refractivity contribution in [3.05, 3.63) is 0 Å². The van der Waals surface area contributed by atoms with Crippen LogP contribution in [0.1, 0.15) is 21.8 Å². The summed E-state index contributed by atoms with van der Waals surface area (Å²) in [5.41, 5.74) is 0. The molecule has 0 rings (SSSR count). The highest BCUT2D eigenvalue weighted by Crippen LogP contribution is 2.13. The molecular weight excluding hydrogens is 183 g/mol. The van der Waals surface area contributed by atoms with E-state index < -0.39 is 12.9 Å². The van der Waals surface area contributed by atoms with E-state index in [0.717, 1.165) is 0 Å². The van der Waals surface area contributed by atoms with Crippen LogP contribution in [0, 0.1) is 0 Å². The zero-order chi connectivity index (χ0) is 8.62. The highest BCUT2D eigenvalue weighted by molar-refractivity contribution is 4.39. The van der Waals surface area contributed by atoms with E-state index in [1.807, 2.05) is 0 Å². The van der Waals surface area contributed by atoms with Gasteiger partial charge in [0.15, 0.2) is 6.67 Å². The molecule has 0 bridgehead atoms. The fourth-order valence-corrected chi connectivity index (χ4v) is 0. The van der Waals surface area contributed by atoms with E-state index in [1.54, 1.807) is 6.92 Å². The summed E-state index contributed by atoms with van der Waals surface area (Å²) in [6.45, 7) is -0.493. The number of hydrogen-bond acceptors (Lipinski definition) is 1. The molecule has 0 unspecified atom stereocenters. The Hall–Kier alpha value is -0.390. The van der Waals surface area contributed by atoms with E-state index in [0.29, 0.717) is 0 Å². The zero-order valence-electron chi connectivity index (χ0n) is 5.21. The first-order chi connectivity index (χ1) is 4.47. The van der Waals surface area contributed by atoms with Crippen molar-refractivity contribution in [2.75, 3.05) is 13.3 Å². The Labute approximate surface area is 69.4 Å². The number of hydrogen-bond donors (Lipinski definition) is 0. The molecule has 0 fully saturated rings. The lowest BCUT2D eigenvalue weighted by Crippen LogP contribution is -2.08. The largest absolute Gasteiger partial charge is 0.416 e. The number of halogens is 5. The summed E-state index contributed by atoms with van der Waals surface area (Å²) in [7, 11) is 0. The van der Waals surface area contributed by atoms with Gasteiger partial charge in [-0.2, -0.15) is 18.1 Å². The van der Waals surface area contributed by atoms with Crippen LogP contribution < -0.4 is 0 Å². The first kappa shape index (κ1) is 22.6. The first-order valence-corrected chi connectivity index (χ1v) is 2.34. The van der Waals surface area contributed by atoms with Crippen LogP contribution in [0.5, 0.6) is 0 Å². The fourth-order valence-electron chi connectivity index (χ4n) is 0. The molecule has 0 aromatic rings. The van der Waals surface area contributed by atoms with Crippen molar-refractivity contribution in [2.24, 2.45) is 0 Å². The maximum atomic E-state index is 10.4. The Balaban J connectivity index is -0.0000000483. The average Bonchev–Trinajstić information content (AvgIpc) is 1.87. The van der Waals surface area contributed by atoms with Gasteiger partial charge in [0.05, 0.1) is 6.61 Å². The molecule has 0 N–H and O–H groups in total. The molecule has 0 aromatic heterocycles. The summed E-state index contributed by atoms with van der Waals surface area (Å²) in [5, 5.41) is 0. The van der Waals surface area contributed by atoms with Crippen molar-refractivity contribution >= 4 is 0 Å². The third-order valence-corrected chi connectivity index (χ3v) is 0.261. The normalized spacial score (nSPS) is 8.50. The van der Waals surface area contributed by atoms with E-state index in [9.17, 15) is 22.1 Å². The minimum Gasteiger partial charge on any atom is -0.241 e. The van der Waals surface area contributed by atoms with Gasteiger partial charge in [0.1, 0.15) is 0 Å². The molecule has 0 aromatic carbocycles. The summed E-state index contributed by atoms with van der Waals surface area (Å²) in [6.07, 6.45) is -4.62. The molecule has 0 aliphatic heterocycles. The molecule has 0 amide bonds. The molecule has 0 aliphatic carbocycles. The fraction of sp³-hybridized carbons (Fsp3) is 1.00. The molecule has 12 heavy (non-hydrogen) atoms. The van der Waals surface area contributed by atoms with Crippen LogP contribution in [0.3, 0.4) is 0 Å². The molecule has 0 saturated carbocycles. The lowest BCUT2D eigenvalue weighted by molar-refractivity contribution is -0.142. The molecule has 0 heterocycles. The van der Waals surface area contributed by atoms with Crippen LogP contribution in [-0.4, -0.2) is 19.5 Å². The maximum Gasteiger partial charge on any atom is 0.416 e. The maximum absolute atomic E-state index is 10.4. The summed E-state index contributed by atoms with van der Waals surface area (Å²) >= 11 is 0. The molecular formula is C6H15F5O. The molecule has 0 aliphatic rings. The predicted molar refractivity (Wildman–Crippen MR) is 38.2 cm³/mol. The topological polar surface area (TPSA) is 9.23 Å². The van der Waals surface area contributed by atoms with E-state index in [1.165, 1.54) is 0 Å². The van der Waals surface area contributed by atoms with Crippen LogP contribution in [0.15, 0.2) is 0 Å². The Morgan fingerprint density at radius 3 is 1.33 bits per heavy atom. The minimum absolute atomic E-state index is 0. The highest BCUT2D eigenvalue weighted by Gasteiger charge is 2.26. The number of rotatable bonds is 1. The van der Waals surface area contributed by atoms with Gasteiger partial charge >= 0.3 is 6.18 Å². The zero-order valence-corrected chi connectivity index (χ0v) is 5.21. The van der Waals surface area contributed by atoms with E-state index in [4.69, 9.17) is 0 Å². The van der Waals surface area contributed by atoms with Gasteiger partial charge in [-0.3, -0.25) is 0 Å². The smallest absolute Gasteiger partial charge is 0.241 e. The van der Waals surface area contributed by atoms with E-state index in [2.05, 4.69) is 4.94 Å². The summed E-state index contributed by atoms with van der Waals surface area (Å²) in [5.74, 6) is 0. The van der Waals surface area contributed by atoms with Gasteiger partial charge in [0, 0.05) is 0 Å². The Bertz CT molecular complexity index is 61.4. The third-order valence-electron chi connectivity index (χ3n) is 0.261. The van der Waals surface area contributed by atoms with Crippen molar-refractivity contribution in [3.63, 3.8) is 0 Å². The van der Waals surface area contributed by atoms with Gasteiger partial charge in [-0.05, 0) is 11.4 Å². The second kappa shape index (κ2) is 13.2. The van der Waals surface area contributed by atoms with Crippen LogP contribution >= 0.6 is 0 Å². The average molecular weight is 198 g/mol. The van der Waals surface area contributed by atoms with Crippen molar-refractivity contribution < 1.29 is 27.0 Å². The van der Waals surface area contributed by atoms with Crippen LogP contribution in [0.2, 0.25) is 0 Å². The van der Waals surface area contributed by atoms with Crippen molar-refractivity contribution in [1.82, 2.24) is 0 Å². The van der Waals surface area contributed by atoms with Crippen LogP contribution in [-0.2, 0) is 4.94 Å². The second-order valence-corrected chi connectivity index (χ2v) is 1.15. The third kappa shape index (κ3) is 54.7. The minimum atomic E-state index is -4.62. The van der Waals surface area contributed by atoms with Gasteiger partial charge in [-0.1, -0.05) is 14.9 Å². The van der Waals surface area contributed by atoms with Gasteiger partial charge in [-0.25, -0.2) is 4.39 Å². The lowest BCUT2D eigenvalue weighted by atomic mass is 10.8. The summed E-state index contributed by atoms with van der Waals surface area (Å²) in [4.78, 5) is 3.04. The second-order valence-electron chi connectivity index (χ2n) is 1.15. The summed E-state index contributed by atoms with van der Waals surface area (Å²) < 4.78 is 51.8. The molecule has 1 nitrogen and oxygen atoms in total. The van der Waals surface area contributed by atoms with Crippen LogP contribution in [0.4, 0.5) is 22.1 Å². The van der Waals surface area contributed by atoms with Gasteiger partial charge in [-0.15, -0.1) is 0 Å². The number of alkyl halides is 4. The SMILES string of the molecule is C.C.CCOF.FCC(F)(F)F. The Morgan fingerprint density at radius 2 is 1.33 bits per heavy atom. The summed E-state index contributed by atoms with van der Waals surface area (Å²) in [6, 6.07) is 0. The van der Waals surface area contributed by atoms with Crippen molar-refractivity contribution in [1.29, 1.82) is 0 Å². The lowest BCUT2D eigenvalue weighted by Gasteiger charge is -1.93. The Kier molecular flexibility index (Phi) is 24.9. The van der Waals surface area contributed by atoms with Crippen molar-refractivity contribution in [2.45, 2.75) is 28.0 Å². The predicted octanol–water partition coefficient (Wildman–Crippen LogP) is 3.70. The van der Waals surface area contributed by atoms with Gasteiger partial charge < -0.3 is 0 Å².